The van der Waals surface area contributed by atoms with Gasteiger partial charge in [0.1, 0.15) is 22.3 Å². The molecule has 28 aromatic rings. The van der Waals surface area contributed by atoms with Crippen LogP contribution >= 0.6 is 0 Å². The molecule has 26 aromatic carbocycles. The smallest absolute Gasteiger partial charge is 0.136 e. The zero-order valence-electron chi connectivity index (χ0n) is 76.2. The third kappa shape index (κ3) is 10.0. The van der Waals surface area contributed by atoms with Crippen molar-refractivity contribution in [2.24, 2.45) is 0 Å². The standard InChI is InChI=1S/2C60H34O/c2*1-2-8-35(9-3-1)58-50(44-24-29-54-51(31-44)52-30-42-10-4-5-11-43(42)34-55(52)61-54)32-45(46-25-20-40-18-16-36-12-6-14-38-22-27-48(46)59(40)56(36)38)33-53(58)47-26-21-41-19-17-37-13-7-15-39-23-28-49(47)60(41)57(37)39/h2*1-34H/i4D,5D,10D,11D,24D,29D,30D,31D,34D;32D,33D. The Morgan fingerprint density at radius 2 is 0.541 bits per heavy atom. The maximum Gasteiger partial charge on any atom is 0.136 e. The predicted octanol–water partition coefficient (Wildman–Crippen LogP) is 34.4. The first-order valence-corrected chi connectivity index (χ1v) is 41.4. The highest BCUT2D eigenvalue weighted by Crippen LogP contribution is 2.54. The normalized spacial score (nSPS) is 13.5. The summed E-state index contributed by atoms with van der Waals surface area (Å²) in [6, 6.07) is 119. The van der Waals surface area contributed by atoms with Gasteiger partial charge in [-0.25, -0.2) is 0 Å². The Hall–Kier alpha value is -16.0. The molecular formula is C120H68O2. The fraction of sp³-hybridized carbons (Fsp3) is 0. The van der Waals surface area contributed by atoms with Crippen molar-refractivity contribution in [1.29, 1.82) is 0 Å². The van der Waals surface area contributed by atoms with Gasteiger partial charge in [-0.3, -0.25) is 0 Å². The van der Waals surface area contributed by atoms with E-state index in [-0.39, 0.29) is 68.5 Å². The van der Waals surface area contributed by atoms with Crippen molar-refractivity contribution >= 4 is 195 Å². The summed E-state index contributed by atoms with van der Waals surface area (Å²) >= 11 is 0. The number of furan rings is 2. The molecule has 0 spiro atoms. The Kier molecular flexibility index (Phi) is 12.1. The number of hydrogen-bond donors (Lipinski definition) is 0. The van der Waals surface area contributed by atoms with Gasteiger partial charge in [0.15, 0.2) is 0 Å². The lowest BCUT2D eigenvalue weighted by atomic mass is 9.81. The third-order valence-corrected chi connectivity index (χ3v) is 26.0. The Morgan fingerprint density at radius 1 is 0.156 bits per heavy atom. The van der Waals surface area contributed by atoms with Gasteiger partial charge >= 0.3 is 0 Å². The van der Waals surface area contributed by atoms with Crippen LogP contribution in [0, 0.1) is 0 Å². The first-order chi connectivity index (χ1) is 65.1. The fourth-order valence-electron chi connectivity index (χ4n) is 20.6. The van der Waals surface area contributed by atoms with Crippen molar-refractivity contribution in [2.75, 3.05) is 0 Å². The molecule has 0 bridgehead atoms. The molecule has 0 atom stereocenters. The lowest BCUT2D eigenvalue weighted by Gasteiger charge is -2.22. The number of benzene rings is 26. The summed E-state index contributed by atoms with van der Waals surface area (Å²) in [5.74, 6) is 0. The van der Waals surface area contributed by atoms with E-state index in [9.17, 15) is 9.60 Å². The van der Waals surface area contributed by atoms with E-state index >= 15 is 0 Å². The van der Waals surface area contributed by atoms with Crippen LogP contribution in [0.3, 0.4) is 0 Å². The van der Waals surface area contributed by atoms with E-state index in [1.165, 1.54) is 59.2 Å². The summed E-state index contributed by atoms with van der Waals surface area (Å²) in [5.41, 5.74) is 13.8. The lowest BCUT2D eigenvalue weighted by molar-refractivity contribution is 0.669. The van der Waals surface area contributed by atoms with Crippen LogP contribution in [0.1, 0.15) is 15.1 Å². The van der Waals surface area contributed by atoms with Crippen molar-refractivity contribution in [3.63, 3.8) is 0 Å². The molecule has 0 saturated heterocycles. The van der Waals surface area contributed by atoms with Gasteiger partial charge in [0.25, 0.3) is 0 Å². The highest BCUT2D eigenvalue weighted by atomic mass is 16.3. The van der Waals surface area contributed by atoms with Gasteiger partial charge in [0.05, 0.1) is 15.1 Å². The van der Waals surface area contributed by atoms with Crippen LogP contribution in [0.25, 0.3) is 284 Å². The summed E-state index contributed by atoms with van der Waals surface area (Å²) in [4.78, 5) is 0. The summed E-state index contributed by atoms with van der Waals surface area (Å²) in [6.45, 7) is 0. The van der Waals surface area contributed by atoms with E-state index in [1.54, 1.807) is 0 Å². The summed E-state index contributed by atoms with van der Waals surface area (Å²) in [7, 11) is 0. The zero-order valence-corrected chi connectivity index (χ0v) is 65.2. The predicted molar refractivity (Wildman–Crippen MR) is 521 cm³/mol. The highest BCUT2D eigenvalue weighted by Gasteiger charge is 2.27. The molecule has 2 nitrogen and oxygen atoms in total. The molecule has 0 aliphatic carbocycles. The van der Waals surface area contributed by atoms with Crippen molar-refractivity contribution < 1.29 is 23.9 Å². The van der Waals surface area contributed by atoms with Crippen LogP contribution in [0.5, 0.6) is 0 Å². The van der Waals surface area contributed by atoms with Crippen molar-refractivity contribution in [3.05, 3.63) is 412 Å². The van der Waals surface area contributed by atoms with Crippen molar-refractivity contribution in [1.82, 2.24) is 0 Å². The van der Waals surface area contributed by atoms with Crippen LogP contribution in [0.15, 0.2) is 421 Å². The van der Waals surface area contributed by atoms with E-state index in [2.05, 4.69) is 303 Å². The number of hydrogen-bond acceptors (Lipinski definition) is 2. The van der Waals surface area contributed by atoms with Gasteiger partial charge in [0.2, 0.25) is 0 Å². The average Bonchev–Trinajstić information content (AvgIpc) is 1.64. The van der Waals surface area contributed by atoms with Gasteiger partial charge < -0.3 is 8.83 Å². The molecule has 2 aromatic heterocycles. The zero-order chi connectivity index (χ0) is 89.1. The minimum atomic E-state index is -0.547. The van der Waals surface area contributed by atoms with Crippen molar-refractivity contribution in [2.45, 2.75) is 0 Å². The van der Waals surface area contributed by atoms with Gasteiger partial charge in [-0.2, -0.15) is 0 Å². The highest BCUT2D eigenvalue weighted by molar-refractivity contribution is 6.31. The topological polar surface area (TPSA) is 26.3 Å². The van der Waals surface area contributed by atoms with E-state index in [0.29, 0.717) is 23.2 Å². The van der Waals surface area contributed by atoms with Crippen LogP contribution in [0.4, 0.5) is 0 Å². The van der Waals surface area contributed by atoms with Gasteiger partial charge in [-0.15, -0.1) is 0 Å². The largest absolute Gasteiger partial charge is 0.456 e. The average molecular weight is 1550 g/mol. The molecule has 0 aliphatic rings. The molecule has 0 saturated carbocycles. The Morgan fingerprint density at radius 3 is 1.07 bits per heavy atom. The van der Waals surface area contributed by atoms with Crippen LogP contribution in [-0.2, 0) is 0 Å². The molecule has 0 unspecified atom stereocenters. The van der Waals surface area contributed by atoms with Crippen LogP contribution in [0.2, 0.25) is 0 Å². The maximum atomic E-state index is 10.6. The van der Waals surface area contributed by atoms with Crippen molar-refractivity contribution in [3.8, 4) is 89.0 Å². The summed E-state index contributed by atoms with van der Waals surface area (Å²) < 4.78 is 117. The van der Waals surface area contributed by atoms with Gasteiger partial charge in [-0.1, -0.05) is 340 Å². The van der Waals surface area contributed by atoms with E-state index in [0.717, 1.165) is 175 Å². The molecule has 0 fully saturated rings. The first-order valence-electron chi connectivity index (χ1n) is 46.9. The molecule has 28 rings (SSSR count). The van der Waals surface area contributed by atoms with E-state index in [1.807, 2.05) is 42.5 Å². The minimum Gasteiger partial charge on any atom is -0.456 e. The second-order valence-corrected chi connectivity index (χ2v) is 32.6. The fourth-order valence-corrected chi connectivity index (χ4v) is 20.6. The third-order valence-electron chi connectivity index (χ3n) is 26.0. The molecular weight excluding hydrogens is 1470 g/mol. The SMILES string of the molecule is [2H]c1c(-c2cc(-c3ccc4ccc5cccc6ccc3c4c56)cc(-c3ccc4ccc5cccc6ccc3c4c56)c2-c2ccccc2)c([2H])c2c(oc3c([2H])c4c([2H])c([2H])c([2H])c([2H])c4c([2H])c32)c1[2H].[2H]c1c(-c2ccc3ccc4cccc5ccc2c3c45)c([2H])c(-c2ccc3ccc4cccc5ccc2c3c45)c(-c2ccccc2)c1-c1ccc2oc3cc4ccccc4cc3c2c1. The molecule has 2 heteroatoms. The Bertz CT molecular complexity index is 9930. The number of fused-ring (bicyclic) bond motifs is 8. The van der Waals surface area contributed by atoms with Crippen LogP contribution in [-0.4, -0.2) is 0 Å². The molecule has 0 N–H and O–H groups in total. The minimum absolute atomic E-state index is 0.0199. The van der Waals surface area contributed by atoms with Gasteiger partial charge in [0, 0.05) is 21.5 Å². The number of rotatable bonds is 8. The van der Waals surface area contributed by atoms with E-state index in [4.69, 9.17) is 14.3 Å². The summed E-state index contributed by atoms with van der Waals surface area (Å²) in [6.07, 6.45) is 0. The quantitative estimate of drug-likeness (QED) is 0.142. The maximum absolute atomic E-state index is 10.6. The second-order valence-electron chi connectivity index (χ2n) is 32.6. The molecule has 560 valence electrons. The lowest BCUT2D eigenvalue weighted by Crippen LogP contribution is -1.95. The first kappa shape index (κ1) is 57.1. The molecule has 2 heterocycles. The molecule has 0 amide bonds. The summed E-state index contributed by atoms with van der Waals surface area (Å²) in [5, 5.41) is 31.4. The molecule has 0 radical (unpaired) electrons. The van der Waals surface area contributed by atoms with E-state index < -0.39 is 24.2 Å². The van der Waals surface area contributed by atoms with Crippen LogP contribution < -0.4 is 0 Å². The molecule has 0 aliphatic heterocycles. The second kappa shape index (κ2) is 25.8. The Labute approximate surface area is 715 Å². The monoisotopic (exact) mass is 1550 g/mol. The Balaban J connectivity index is 0.000000136. The molecule has 122 heavy (non-hydrogen) atoms. The van der Waals surface area contributed by atoms with Gasteiger partial charge in [-0.05, 0) is 312 Å².